The van der Waals surface area contributed by atoms with Gasteiger partial charge in [-0.1, -0.05) is 18.2 Å². The molecular weight excluding hydrogens is 361 g/mol. The number of hydrogen-bond donors (Lipinski definition) is 1. The van der Waals surface area contributed by atoms with Gasteiger partial charge in [0.05, 0.1) is 5.69 Å². The normalized spacial score (nSPS) is 14.4. The van der Waals surface area contributed by atoms with Crippen molar-refractivity contribution in [3.63, 3.8) is 0 Å². The lowest BCUT2D eigenvalue weighted by Gasteiger charge is -2.33. The van der Waals surface area contributed by atoms with Gasteiger partial charge in [-0.3, -0.25) is 14.4 Å². The van der Waals surface area contributed by atoms with Gasteiger partial charge in [0.1, 0.15) is 5.82 Å². The Morgan fingerprint density at radius 2 is 1.68 bits per heavy atom. The lowest BCUT2D eigenvalue weighted by atomic mass is 10.1. The van der Waals surface area contributed by atoms with Gasteiger partial charge in [0, 0.05) is 31.7 Å². The second kappa shape index (κ2) is 8.21. The molecule has 7 heteroatoms. The fraction of sp³-hybridized carbons (Fsp3) is 0.286. The quantitative estimate of drug-likeness (QED) is 0.807. The lowest BCUT2D eigenvalue weighted by Crippen LogP contribution is -2.53. The van der Waals surface area contributed by atoms with Crippen LogP contribution in [0.15, 0.2) is 42.5 Å². The highest BCUT2D eigenvalue weighted by Crippen LogP contribution is 2.17. The standard InChI is InChI=1S/C21H22FN3O3/c1-3-24-10-11-25(21(28)20(24)27)13-15-5-7-16(8-6-15)19(26)23-18-9-4-14(2)12-17(18)22/h4-9,12H,3,10-11,13H2,1-2H3,(H,23,26). The van der Waals surface area contributed by atoms with Crippen LogP contribution in [0.5, 0.6) is 0 Å². The molecule has 1 N–H and O–H groups in total. The molecule has 0 radical (unpaired) electrons. The molecule has 3 rings (SSSR count). The zero-order valence-corrected chi connectivity index (χ0v) is 15.9. The summed E-state index contributed by atoms with van der Waals surface area (Å²) in [5.41, 5.74) is 2.08. The SMILES string of the molecule is CCN1CCN(Cc2ccc(C(=O)Nc3ccc(C)cc3F)cc2)C(=O)C1=O. The van der Waals surface area contributed by atoms with E-state index in [-0.39, 0.29) is 5.69 Å². The van der Waals surface area contributed by atoms with E-state index < -0.39 is 23.5 Å². The van der Waals surface area contributed by atoms with Gasteiger partial charge < -0.3 is 15.1 Å². The summed E-state index contributed by atoms with van der Waals surface area (Å²) >= 11 is 0. The molecule has 2 aromatic carbocycles. The first-order valence-corrected chi connectivity index (χ1v) is 9.13. The van der Waals surface area contributed by atoms with Gasteiger partial charge in [0.15, 0.2) is 0 Å². The summed E-state index contributed by atoms with van der Waals surface area (Å²) in [6.07, 6.45) is 0. The van der Waals surface area contributed by atoms with Crippen molar-refractivity contribution < 1.29 is 18.8 Å². The molecule has 1 fully saturated rings. The number of hydrogen-bond acceptors (Lipinski definition) is 3. The van der Waals surface area contributed by atoms with E-state index in [9.17, 15) is 18.8 Å². The lowest BCUT2D eigenvalue weighted by molar-refractivity contribution is -0.156. The molecule has 0 spiro atoms. The summed E-state index contributed by atoms with van der Waals surface area (Å²) in [6, 6.07) is 11.3. The number of amides is 3. The first-order chi connectivity index (χ1) is 13.4. The molecule has 6 nitrogen and oxygen atoms in total. The van der Waals surface area contributed by atoms with Crippen LogP contribution in [0.3, 0.4) is 0 Å². The van der Waals surface area contributed by atoms with E-state index in [1.807, 2.05) is 6.92 Å². The van der Waals surface area contributed by atoms with Crippen LogP contribution in [0.4, 0.5) is 10.1 Å². The van der Waals surface area contributed by atoms with Crippen molar-refractivity contribution in [1.82, 2.24) is 9.80 Å². The number of rotatable bonds is 5. The summed E-state index contributed by atoms with van der Waals surface area (Å²) in [4.78, 5) is 39.5. The third kappa shape index (κ3) is 4.19. The Morgan fingerprint density at radius 1 is 1.04 bits per heavy atom. The summed E-state index contributed by atoms with van der Waals surface area (Å²) in [6.45, 7) is 5.43. The molecule has 0 aliphatic carbocycles. The molecule has 1 saturated heterocycles. The number of benzene rings is 2. The first-order valence-electron chi connectivity index (χ1n) is 9.13. The summed E-state index contributed by atoms with van der Waals surface area (Å²) in [5.74, 6) is -1.90. The van der Waals surface area contributed by atoms with Crippen LogP contribution in [0.25, 0.3) is 0 Å². The van der Waals surface area contributed by atoms with Crippen LogP contribution in [0.1, 0.15) is 28.4 Å². The van der Waals surface area contributed by atoms with E-state index in [1.165, 1.54) is 21.9 Å². The van der Waals surface area contributed by atoms with Gasteiger partial charge in [0.2, 0.25) is 0 Å². The molecule has 0 saturated carbocycles. The minimum atomic E-state index is -0.509. The fourth-order valence-electron chi connectivity index (χ4n) is 3.07. The van der Waals surface area contributed by atoms with E-state index in [2.05, 4.69) is 5.32 Å². The monoisotopic (exact) mass is 383 g/mol. The average Bonchev–Trinajstić information content (AvgIpc) is 2.68. The Balaban J connectivity index is 1.64. The van der Waals surface area contributed by atoms with Gasteiger partial charge in [0.25, 0.3) is 5.91 Å². The van der Waals surface area contributed by atoms with Crippen molar-refractivity contribution in [1.29, 1.82) is 0 Å². The van der Waals surface area contributed by atoms with Crippen LogP contribution in [-0.2, 0) is 16.1 Å². The van der Waals surface area contributed by atoms with Crippen molar-refractivity contribution >= 4 is 23.4 Å². The van der Waals surface area contributed by atoms with Crippen LogP contribution in [0.2, 0.25) is 0 Å². The summed E-state index contributed by atoms with van der Waals surface area (Å²) in [5, 5.41) is 2.55. The van der Waals surface area contributed by atoms with E-state index in [1.54, 1.807) is 37.3 Å². The van der Waals surface area contributed by atoms with Crippen LogP contribution < -0.4 is 5.32 Å². The maximum atomic E-state index is 13.9. The maximum absolute atomic E-state index is 13.9. The number of carbonyl (C=O) groups excluding carboxylic acids is 3. The number of aryl methyl sites for hydroxylation is 1. The topological polar surface area (TPSA) is 69.7 Å². The predicted molar refractivity (Wildman–Crippen MR) is 103 cm³/mol. The average molecular weight is 383 g/mol. The molecule has 1 heterocycles. The molecule has 3 amide bonds. The van der Waals surface area contributed by atoms with Crippen LogP contribution in [-0.4, -0.2) is 47.2 Å². The number of anilines is 1. The minimum Gasteiger partial charge on any atom is -0.333 e. The number of likely N-dealkylation sites (N-methyl/N-ethyl adjacent to an activating group) is 1. The Labute approximate surface area is 162 Å². The largest absolute Gasteiger partial charge is 0.333 e. The third-order valence-corrected chi connectivity index (χ3v) is 4.74. The van der Waals surface area contributed by atoms with Gasteiger partial charge in [-0.25, -0.2) is 4.39 Å². The van der Waals surface area contributed by atoms with E-state index in [0.29, 0.717) is 31.7 Å². The Bertz CT molecular complexity index is 912. The molecule has 0 atom stereocenters. The van der Waals surface area contributed by atoms with Crippen molar-refractivity contribution in [3.05, 3.63) is 65.0 Å². The van der Waals surface area contributed by atoms with E-state index in [4.69, 9.17) is 0 Å². The molecule has 1 aliphatic rings. The molecule has 28 heavy (non-hydrogen) atoms. The predicted octanol–water partition coefficient (Wildman–Crippen LogP) is 2.58. The highest BCUT2D eigenvalue weighted by molar-refractivity contribution is 6.35. The van der Waals surface area contributed by atoms with Crippen molar-refractivity contribution in [2.45, 2.75) is 20.4 Å². The van der Waals surface area contributed by atoms with Gasteiger partial charge in [-0.05, 0) is 49.2 Å². The highest BCUT2D eigenvalue weighted by Gasteiger charge is 2.31. The van der Waals surface area contributed by atoms with Crippen LogP contribution >= 0.6 is 0 Å². The smallest absolute Gasteiger partial charge is 0.312 e. The minimum absolute atomic E-state index is 0.123. The molecule has 146 valence electrons. The molecular formula is C21H22FN3O3. The van der Waals surface area contributed by atoms with Crippen molar-refractivity contribution in [2.24, 2.45) is 0 Å². The van der Waals surface area contributed by atoms with Gasteiger partial charge in [-0.2, -0.15) is 0 Å². The van der Waals surface area contributed by atoms with E-state index >= 15 is 0 Å². The molecule has 0 aromatic heterocycles. The number of halogens is 1. The zero-order valence-electron chi connectivity index (χ0n) is 15.9. The second-order valence-corrected chi connectivity index (χ2v) is 6.75. The van der Waals surface area contributed by atoms with Crippen molar-refractivity contribution in [2.75, 3.05) is 25.0 Å². The molecule has 0 bridgehead atoms. The second-order valence-electron chi connectivity index (χ2n) is 6.75. The van der Waals surface area contributed by atoms with Gasteiger partial charge >= 0.3 is 11.8 Å². The highest BCUT2D eigenvalue weighted by atomic mass is 19.1. The number of carbonyl (C=O) groups is 3. The zero-order chi connectivity index (χ0) is 20.3. The summed E-state index contributed by atoms with van der Waals surface area (Å²) in [7, 11) is 0. The third-order valence-electron chi connectivity index (χ3n) is 4.74. The van der Waals surface area contributed by atoms with E-state index in [0.717, 1.165) is 11.1 Å². The number of piperazine rings is 1. The number of nitrogens with one attached hydrogen (secondary N) is 1. The number of nitrogens with zero attached hydrogens (tertiary/aromatic N) is 2. The Kier molecular flexibility index (Phi) is 5.73. The first kappa shape index (κ1) is 19.5. The summed E-state index contributed by atoms with van der Waals surface area (Å²) < 4.78 is 13.9. The maximum Gasteiger partial charge on any atom is 0.312 e. The Morgan fingerprint density at radius 3 is 2.32 bits per heavy atom. The molecule has 0 unspecified atom stereocenters. The van der Waals surface area contributed by atoms with Crippen LogP contribution in [0, 0.1) is 12.7 Å². The van der Waals surface area contributed by atoms with Crippen molar-refractivity contribution in [3.8, 4) is 0 Å². The molecule has 2 aromatic rings. The molecule has 1 aliphatic heterocycles. The Hall–Kier alpha value is -3.22. The fourth-order valence-corrected chi connectivity index (χ4v) is 3.07. The van der Waals surface area contributed by atoms with Gasteiger partial charge in [-0.15, -0.1) is 0 Å².